The predicted octanol–water partition coefficient (Wildman–Crippen LogP) is 3.12. The zero-order valence-corrected chi connectivity index (χ0v) is 18.2. The van der Waals surface area contributed by atoms with Gasteiger partial charge in [-0.15, -0.1) is 0 Å². The topological polar surface area (TPSA) is 69.7 Å². The van der Waals surface area contributed by atoms with Crippen LogP contribution in [0.15, 0.2) is 4.99 Å². The summed E-state index contributed by atoms with van der Waals surface area (Å²) in [6.07, 6.45) is 9.96. The maximum Gasteiger partial charge on any atom is 0.189 e. The van der Waals surface area contributed by atoms with Crippen molar-refractivity contribution in [1.29, 1.82) is 10.5 Å². The first kappa shape index (κ1) is 22.1. The highest BCUT2D eigenvalue weighted by Crippen LogP contribution is 2.22. The normalized spacial score (nSPS) is 25.3. The standard InChI is InChI=1S/C23H38N6/c1-20-7-5-13-28(20)14-6-10-26-23(22(17-24)18-25)29-15-8-21(9-16-29)19-27-11-3-2-4-12-27/h20-22H,2-16,19H2,1H3. The van der Waals surface area contributed by atoms with E-state index in [1.54, 1.807) is 0 Å². The quantitative estimate of drug-likeness (QED) is 0.374. The monoisotopic (exact) mass is 398 g/mol. The Morgan fingerprint density at radius 2 is 1.69 bits per heavy atom. The lowest BCUT2D eigenvalue weighted by molar-refractivity contribution is 0.157. The second kappa shape index (κ2) is 11.5. The molecule has 1 atom stereocenters. The van der Waals surface area contributed by atoms with Crippen LogP contribution < -0.4 is 0 Å². The Kier molecular flexibility index (Phi) is 8.77. The predicted molar refractivity (Wildman–Crippen MR) is 116 cm³/mol. The Morgan fingerprint density at radius 1 is 0.966 bits per heavy atom. The molecule has 0 aromatic carbocycles. The number of piperidine rings is 2. The molecule has 0 saturated carbocycles. The highest BCUT2D eigenvalue weighted by Gasteiger charge is 2.28. The summed E-state index contributed by atoms with van der Waals surface area (Å²) < 4.78 is 0. The number of likely N-dealkylation sites (tertiary alicyclic amines) is 3. The number of amidine groups is 1. The molecular formula is C23H38N6. The van der Waals surface area contributed by atoms with E-state index in [2.05, 4.69) is 33.8 Å². The van der Waals surface area contributed by atoms with Crippen LogP contribution in [0.5, 0.6) is 0 Å². The average molecular weight is 399 g/mol. The first-order valence-electron chi connectivity index (χ1n) is 11.8. The molecular weight excluding hydrogens is 360 g/mol. The minimum Gasteiger partial charge on any atom is -0.358 e. The maximum atomic E-state index is 9.46. The van der Waals surface area contributed by atoms with Gasteiger partial charge in [0.1, 0.15) is 5.84 Å². The van der Waals surface area contributed by atoms with Gasteiger partial charge in [-0.2, -0.15) is 10.5 Å². The van der Waals surface area contributed by atoms with Crippen molar-refractivity contribution >= 4 is 5.84 Å². The van der Waals surface area contributed by atoms with Crippen LogP contribution in [0.3, 0.4) is 0 Å². The van der Waals surface area contributed by atoms with Crippen LogP contribution in [0.4, 0.5) is 0 Å². The van der Waals surface area contributed by atoms with Gasteiger partial charge in [0.05, 0.1) is 12.1 Å². The summed E-state index contributed by atoms with van der Waals surface area (Å²) in [5.74, 6) is 0.727. The van der Waals surface area contributed by atoms with Gasteiger partial charge in [0.15, 0.2) is 5.92 Å². The van der Waals surface area contributed by atoms with Gasteiger partial charge in [-0.05, 0) is 77.4 Å². The van der Waals surface area contributed by atoms with Crippen molar-refractivity contribution < 1.29 is 0 Å². The van der Waals surface area contributed by atoms with Crippen LogP contribution in [0.2, 0.25) is 0 Å². The molecule has 6 heteroatoms. The molecule has 6 nitrogen and oxygen atoms in total. The molecule has 1 unspecified atom stereocenters. The minimum atomic E-state index is -0.737. The number of aliphatic imine (C=N–C) groups is 1. The van der Waals surface area contributed by atoms with E-state index >= 15 is 0 Å². The summed E-state index contributed by atoms with van der Waals surface area (Å²) in [5, 5.41) is 18.9. The van der Waals surface area contributed by atoms with Gasteiger partial charge in [-0.3, -0.25) is 4.99 Å². The highest BCUT2D eigenvalue weighted by molar-refractivity contribution is 5.89. The number of nitrogens with zero attached hydrogens (tertiary/aromatic N) is 6. The van der Waals surface area contributed by atoms with Crippen molar-refractivity contribution in [2.75, 3.05) is 52.4 Å². The molecule has 3 rings (SSSR count). The Hall–Kier alpha value is -1.63. The molecule has 3 saturated heterocycles. The number of nitriles is 2. The second-order valence-corrected chi connectivity index (χ2v) is 9.10. The molecule has 3 fully saturated rings. The molecule has 0 N–H and O–H groups in total. The fourth-order valence-electron chi connectivity index (χ4n) is 5.16. The fraction of sp³-hybridized carbons (Fsp3) is 0.870. The van der Waals surface area contributed by atoms with E-state index in [-0.39, 0.29) is 0 Å². The minimum absolute atomic E-state index is 0.684. The number of hydrogen-bond acceptors (Lipinski definition) is 5. The van der Waals surface area contributed by atoms with E-state index in [1.807, 2.05) is 0 Å². The van der Waals surface area contributed by atoms with Crippen molar-refractivity contribution in [3.05, 3.63) is 0 Å². The van der Waals surface area contributed by atoms with Crippen LogP contribution in [0.1, 0.15) is 58.3 Å². The van der Waals surface area contributed by atoms with Crippen LogP contribution in [0.25, 0.3) is 0 Å². The van der Waals surface area contributed by atoms with Crippen molar-refractivity contribution in [1.82, 2.24) is 14.7 Å². The van der Waals surface area contributed by atoms with E-state index in [0.29, 0.717) is 12.6 Å². The molecule has 0 bridgehead atoms. The number of hydrogen-bond donors (Lipinski definition) is 0. The molecule has 0 amide bonds. The van der Waals surface area contributed by atoms with Crippen molar-refractivity contribution in [2.24, 2.45) is 16.8 Å². The lowest BCUT2D eigenvalue weighted by Crippen LogP contribution is -2.44. The Bertz CT molecular complexity index is 590. The van der Waals surface area contributed by atoms with Gasteiger partial charge in [0.2, 0.25) is 0 Å². The third-order valence-electron chi connectivity index (χ3n) is 6.99. The molecule has 160 valence electrons. The molecule has 0 radical (unpaired) electrons. The summed E-state index contributed by atoms with van der Waals surface area (Å²) in [4.78, 5) is 12.2. The molecule has 29 heavy (non-hydrogen) atoms. The molecule has 3 aliphatic rings. The third kappa shape index (κ3) is 6.43. The smallest absolute Gasteiger partial charge is 0.189 e. The molecule has 3 aliphatic heterocycles. The summed E-state index contributed by atoms with van der Waals surface area (Å²) in [7, 11) is 0. The van der Waals surface area contributed by atoms with Crippen LogP contribution in [-0.4, -0.2) is 78.9 Å². The van der Waals surface area contributed by atoms with Gasteiger partial charge in [-0.1, -0.05) is 6.42 Å². The lowest BCUT2D eigenvalue weighted by Gasteiger charge is -2.37. The SMILES string of the molecule is CC1CCCN1CCCN=C(C(C#N)C#N)N1CCC(CN2CCCCC2)CC1. The Morgan fingerprint density at radius 3 is 2.31 bits per heavy atom. The van der Waals surface area contributed by atoms with Crippen molar-refractivity contribution in [3.63, 3.8) is 0 Å². The molecule has 3 heterocycles. The average Bonchev–Trinajstić information content (AvgIpc) is 3.16. The first-order chi connectivity index (χ1) is 14.2. The summed E-state index contributed by atoms with van der Waals surface area (Å²) in [6, 6.07) is 5.01. The molecule has 0 spiro atoms. The van der Waals surface area contributed by atoms with E-state index in [1.165, 1.54) is 58.3 Å². The highest BCUT2D eigenvalue weighted by atomic mass is 15.2. The number of rotatable bonds is 7. The van der Waals surface area contributed by atoms with E-state index in [4.69, 9.17) is 4.99 Å². The van der Waals surface area contributed by atoms with Crippen molar-refractivity contribution in [3.8, 4) is 12.1 Å². The van der Waals surface area contributed by atoms with Crippen LogP contribution in [0, 0.1) is 34.5 Å². The maximum absolute atomic E-state index is 9.46. The Balaban J connectivity index is 1.49. The first-order valence-corrected chi connectivity index (χ1v) is 11.8. The Labute approximate surface area is 177 Å². The van der Waals surface area contributed by atoms with Gasteiger partial charge in [0.25, 0.3) is 0 Å². The molecule has 0 aliphatic carbocycles. The largest absolute Gasteiger partial charge is 0.358 e. The fourth-order valence-corrected chi connectivity index (χ4v) is 5.16. The zero-order valence-electron chi connectivity index (χ0n) is 18.2. The van der Waals surface area contributed by atoms with E-state index in [9.17, 15) is 10.5 Å². The molecule has 0 aromatic heterocycles. The van der Waals surface area contributed by atoms with Gasteiger partial charge >= 0.3 is 0 Å². The lowest BCUT2D eigenvalue weighted by atomic mass is 9.94. The third-order valence-corrected chi connectivity index (χ3v) is 6.99. The van der Waals surface area contributed by atoms with Gasteiger partial charge in [-0.25, -0.2) is 0 Å². The van der Waals surface area contributed by atoms with Crippen LogP contribution in [-0.2, 0) is 0 Å². The van der Waals surface area contributed by atoms with Crippen molar-refractivity contribution in [2.45, 2.75) is 64.3 Å². The summed E-state index contributed by atoms with van der Waals surface area (Å²) in [5.41, 5.74) is 0. The zero-order chi connectivity index (χ0) is 20.5. The van der Waals surface area contributed by atoms with Crippen LogP contribution >= 0.6 is 0 Å². The summed E-state index contributed by atoms with van der Waals surface area (Å²) >= 11 is 0. The van der Waals surface area contributed by atoms with Gasteiger partial charge < -0.3 is 14.7 Å². The van der Waals surface area contributed by atoms with E-state index < -0.39 is 5.92 Å². The second-order valence-electron chi connectivity index (χ2n) is 9.10. The summed E-state index contributed by atoms with van der Waals surface area (Å²) in [6.45, 7) is 10.9. The van der Waals surface area contributed by atoms with E-state index in [0.717, 1.165) is 50.7 Å². The van der Waals surface area contributed by atoms with Gasteiger partial charge in [0, 0.05) is 38.8 Å². The molecule has 0 aromatic rings.